The SMILES string of the molecule is CC(C)[C@@H](C(=O)O)C(=O)NCc1ccccn1. The van der Waals surface area contributed by atoms with Gasteiger partial charge in [0.2, 0.25) is 5.91 Å². The van der Waals surface area contributed by atoms with Crippen LogP contribution in [0, 0.1) is 11.8 Å². The maximum Gasteiger partial charge on any atom is 0.316 e. The standard InChI is InChI=1S/C12H16N2O3/c1-8(2)10(12(16)17)11(15)14-7-9-5-3-4-6-13-9/h3-6,8,10H,7H2,1-2H3,(H,14,15)(H,16,17)/t10-/m1/s1. The highest BCUT2D eigenvalue weighted by Gasteiger charge is 2.29. The molecule has 1 rings (SSSR count). The van der Waals surface area contributed by atoms with E-state index >= 15 is 0 Å². The van der Waals surface area contributed by atoms with E-state index in [1.165, 1.54) is 0 Å². The van der Waals surface area contributed by atoms with Gasteiger partial charge in [0.15, 0.2) is 0 Å². The van der Waals surface area contributed by atoms with Crippen molar-refractivity contribution in [1.29, 1.82) is 0 Å². The molecule has 1 atom stereocenters. The lowest BCUT2D eigenvalue weighted by Gasteiger charge is -2.15. The molecule has 5 heteroatoms. The summed E-state index contributed by atoms with van der Waals surface area (Å²) in [5.41, 5.74) is 0.703. The van der Waals surface area contributed by atoms with Crippen molar-refractivity contribution in [1.82, 2.24) is 10.3 Å². The lowest BCUT2D eigenvalue weighted by Crippen LogP contribution is -2.38. The number of carboxylic acid groups (broad SMARTS) is 1. The molecule has 1 aromatic rings. The van der Waals surface area contributed by atoms with Gasteiger partial charge in [-0.2, -0.15) is 0 Å². The predicted molar refractivity (Wildman–Crippen MR) is 62.0 cm³/mol. The molecule has 0 unspecified atom stereocenters. The zero-order valence-electron chi connectivity index (χ0n) is 9.88. The van der Waals surface area contributed by atoms with Crippen LogP contribution < -0.4 is 5.32 Å². The van der Waals surface area contributed by atoms with Crippen molar-refractivity contribution in [2.24, 2.45) is 11.8 Å². The van der Waals surface area contributed by atoms with E-state index in [4.69, 9.17) is 5.11 Å². The van der Waals surface area contributed by atoms with Gasteiger partial charge in [0.05, 0.1) is 12.2 Å². The minimum Gasteiger partial charge on any atom is -0.481 e. The van der Waals surface area contributed by atoms with E-state index in [0.29, 0.717) is 5.69 Å². The van der Waals surface area contributed by atoms with Crippen LogP contribution >= 0.6 is 0 Å². The number of nitrogens with one attached hydrogen (secondary N) is 1. The van der Waals surface area contributed by atoms with E-state index < -0.39 is 17.8 Å². The Kier molecular flexibility index (Phi) is 4.63. The lowest BCUT2D eigenvalue weighted by molar-refractivity contribution is -0.148. The van der Waals surface area contributed by atoms with Gasteiger partial charge >= 0.3 is 5.97 Å². The molecule has 1 heterocycles. The van der Waals surface area contributed by atoms with Gasteiger partial charge in [-0.3, -0.25) is 14.6 Å². The van der Waals surface area contributed by atoms with Gasteiger partial charge < -0.3 is 10.4 Å². The van der Waals surface area contributed by atoms with Crippen LogP contribution in [-0.2, 0) is 16.1 Å². The van der Waals surface area contributed by atoms with Crippen LogP contribution in [0.25, 0.3) is 0 Å². The zero-order chi connectivity index (χ0) is 12.8. The van der Waals surface area contributed by atoms with Crippen LogP contribution in [0.1, 0.15) is 19.5 Å². The minimum atomic E-state index is -1.10. The molecule has 0 fully saturated rings. The van der Waals surface area contributed by atoms with Gasteiger partial charge in [0.25, 0.3) is 0 Å². The molecule has 0 aliphatic rings. The van der Waals surface area contributed by atoms with Crippen molar-refractivity contribution < 1.29 is 14.7 Å². The third-order valence-corrected chi connectivity index (χ3v) is 2.39. The van der Waals surface area contributed by atoms with Crippen molar-refractivity contribution in [2.45, 2.75) is 20.4 Å². The maximum atomic E-state index is 11.7. The number of pyridine rings is 1. The summed E-state index contributed by atoms with van der Waals surface area (Å²) in [5.74, 6) is -2.83. The van der Waals surface area contributed by atoms with E-state index in [1.807, 2.05) is 6.07 Å². The van der Waals surface area contributed by atoms with Gasteiger partial charge in [0, 0.05) is 6.20 Å². The number of carbonyl (C=O) groups is 2. The number of carbonyl (C=O) groups excluding carboxylic acids is 1. The number of rotatable bonds is 5. The van der Waals surface area contributed by atoms with Crippen molar-refractivity contribution >= 4 is 11.9 Å². The number of nitrogens with zero attached hydrogens (tertiary/aromatic N) is 1. The first-order valence-corrected chi connectivity index (χ1v) is 5.42. The Morgan fingerprint density at radius 2 is 2.12 bits per heavy atom. The maximum absolute atomic E-state index is 11.7. The molecule has 0 aromatic carbocycles. The highest BCUT2D eigenvalue weighted by atomic mass is 16.4. The van der Waals surface area contributed by atoms with Crippen molar-refractivity contribution in [3.8, 4) is 0 Å². The summed E-state index contributed by atoms with van der Waals surface area (Å²) in [7, 11) is 0. The molecule has 1 aromatic heterocycles. The topological polar surface area (TPSA) is 79.3 Å². The van der Waals surface area contributed by atoms with Crippen molar-refractivity contribution in [2.75, 3.05) is 0 Å². The highest BCUT2D eigenvalue weighted by Crippen LogP contribution is 2.11. The molecule has 0 spiro atoms. The summed E-state index contributed by atoms with van der Waals surface area (Å²) < 4.78 is 0. The van der Waals surface area contributed by atoms with Crippen LogP contribution in [0.3, 0.4) is 0 Å². The fourth-order valence-electron chi connectivity index (χ4n) is 1.49. The summed E-state index contributed by atoms with van der Waals surface area (Å²) in [6, 6.07) is 5.36. The van der Waals surface area contributed by atoms with E-state index in [1.54, 1.807) is 32.2 Å². The molecule has 17 heavy (non-hydrogen) atoms. The van der Waals surface area contributed by atoms with Crippen LogP contribution in [0.15, 0.2) is 24.4 Å². The highest BCUT2D eigenvalue weighted by molar-refractivity contribution is 5.97. The zero-order valence-corrected chi connectivity index (χ0v) is 9.88. The number of hydrogen-bond donors (Lipinski definition) is 2. The molecular formula is C12H16N2O3. The fourth-order valence-corrected chi connectivity index (χ4v) is 1.49. The Bertz CT molecular complexity index is 390. The number of amides is 1. The molecule has 0 aliphatic heterocycles. The van der Waals surface area contributed by atoms with Gasteiger partial charge in [-0.05, 0) is 18.1 Å². The molecule has 5 nitrogen and oxygen atoms in total. The Hall–Kier alpha value is -1.91. The second-order valence-electron chi connectivity index (χ2n) is 4.10. The van der Waals surface area contributed by atoms with Gasteiger partial charge in [0.1, 0.15) is 5.92 Å². The lowest BCUT2D eigenvalue weighted by atomic mass is 9.95. The molecular weight excluding hydrogens is 220 g/mol. The Morgan fingerprint density at radius 1 is 1.41 bits per heavy atom. The summed E-state index contributed by atoms with van der Waals surface area (Å²) in [6.45, 7) is 3.66. The molecule has 0 bridgehead atoms. The summed E-state index contributed by atoms with van der Waals surface area (Å²) in [4.78, 5) is 26.6. The molecule has 0 saturated heterocycles. The Balaban J connectivity index is 2.57. The normalized spacial score (nSPS) is 12.2. The quantitative estimate of drug-likeness (QED) is 0.749. The molecule has 0 radical (unpaired) electrons. The van der Waals surface area contributed by atoms with Crippen LogP contribution in [0.4, 0.5) is 0 Å². The first-order chi connectivity index (χ1) is 8.02. The smallest absolute Gasteiger partial charge is 0.316 e. The first-order valence-electron chi connectivity index (χ1n) is 5.42. The number of aliphatic carboxylic acids is 1. The minimum absolute atomic E-state index is 0.240. The third kappa shape index (κ3) is 3.86. The third-order valence-electron chi connectivity index (χ3n) is 2.39. The van der Waals surface area contributed by atoms with Crippen LogP contribution in [0.5, 0.6) is 0 Å². The van der Waals surface area contributed by atoms with Gasteiger partial charge in [-0.25, -0.2) is 0 Å². The molecule has 0 aliphatic carbocycles. The van der Waals surface area contributed by atoms with Crippen molar-refractivity contribution in [3.63, 3.8) is 0 Å². The van der Waals surface area contributed by atoms with E-state index in [0.717, 1.165) is 0 Å². The number of carboxylic acids is 1. The predicted octanol–water partition coefficient (Wildman–Crippen LogP) is 1.05. The second kappa shape index (κ2) is 5.98. The van der Waals surface area contributed by atoms with Gasteiger partial charge in [-0.15, -0.1) is 0 Å². The molecule has 1 amide bonds. The molecule has 2 N–H and O–H groups in total. The van der Waals surface area contributed by atoms with E-state index in [-0.39, 0.29) is 12.5 Å². The average Bonchev–Trinajstić information content (AvgIpc) is 2.27. The second-order valence-corrected chi connectivity index (χ2v) is 4.10. The molecule has 92 valence electrons. The molecule has 0 saturated carbocycles. The summed E-state index contributed by atoms with van der Waals surface area (Å²) >= 11 is 0. The fraction of sp³-hybridized carbons (Fsp3) is 0.417. The van der Waals surface area contributed by atoms with Crippen molar-refractivity contribution in [3.05, 3.63) is 30.1 Å². The van der Waals surface area contributed by atoms with Gasteiger partial charge in [-0.1, -0.05) is 19.9 Å². The largest absolute Gasteiger partial charge is 0.481 e. The summed E-state index contributed by atoms with van der Waals surface area (Å²) in [5, 5.41) is 11.5. The first kappa shape index (κ1) is 13.2. The Morgan fingerprint density at radius 3 is 2.59 bits per heavy atom. The average molecular weight is 236 g/mol. The van der Waals surface area contributed by atoms with E-state index in [2.05, 4.69) is 10.3 Å². The van der Waals surface area contributed by atoms with Crippen LogP contribution in [-0.4, -0.2) is 22.0 Å². The van der Waals surface area contributed by atoms with Crippen LogP contribution in [0.2, 0.25) is 0 Å². The monoisotopic (exact) mass is 236 g/mol. The van der Waals surface area contributed by atoms with E-state index in [9.17, 15) is 9.59 Å². The summed E-state index contributed by atoms with van der Waals surface area (Å²) in [6.07, 6.45) is 1.62. The number of hydrogen-bond acceptors (Lipinski definition) is 3. The number of aromatic nitrogens is 1. The Labute approximate surface area is 99.9 Å².